The Bertz CT molecular complexity index is 213. The predicted molar refractivity (Wildman–Crippen MR) is 65.4 cm³/mol. The van der Waals surface area contributed by atoms with Gasteiger partial charge in [0.05, 0.1) is 4.99 Å². The van der Waals surface area contributed by atoms with Crippen molar-refractivity contribution < 1.29 is 0 Å². The molecule has 82 valence electrons. The van der Waals surface area contributed by atoms with Crippen LogP contribution < -0.4 is 5.73 Å². The molecule has 1 unspecified atom stereocenters. The maximum Gasteiger partial charge on any atom is 0.0784 e. The van der Waals surface area contributed by atoms with Gasteiger partial charge in [-0.3, -0.25) is 0 Å². The first-order chi connectivity index (χ1) is 6.42. The first-order valence-electron chi connectivity index (χ1n) is 5.44. The zero-order valence-electron chi connectivity index (χ0n) is 9.55. The highest BCUT2D eigenvalue weighted by atomic mass is 32.1. The summed E-state index contributed by atoms with van der Waals surface area (Å²) in [5.41, 5.74) is 5.71. The molecule has 0 aromatic heterocycles. The topological polar surface area (TPSA) is 29.3 Å². The normalized spacial score (nSPS) is 24.1. The molecule has 0 bridgehead atoms. The Morgan fingerprint density at radius 1 is 1.57 bits per heavy atom. The summed E-state index contributed by atoms with van der Waals surface area (Å²) in [6.45, 7) is 10.2. The van der Waals surface area contributed by atoms with Crippen LogP contribution in [-0.2, 0) is 0 Å². The highest BCUT2D eigenvalue weighted by Gasteiger charge is 2.24. The van der Waals surface area contributed by atoms with E-state index in [0.717, 1.165) is 18.9 Å². The van der Waals surface area contributed by atoms with Crippen molar-refractivity contribution in [1.82, 2.24) is 4.90 Å². The highest BCUT2D eigenvalue weighted by molar-refractivity contribution is 7.80. The minimum atomic E-state index is 0.0150. The fourth-order valence-corrected chi connectivity index (χ4v) is 1.89. The second-order valence-corrected chi connectivity index (χ2v) is 5.63. The van der Waals surface area contributed by atoms with Crippen molar-refractivity contribution >= 4 is 17.2 Å². The van der Waals surface area contributed by atoms with Crippen LogP contribution in [0.3, 0.4) is 0 Å². The molecule has 0 aliphatic carbocycles. The van der Waals surface area contributed by atoms with Gasteiger partial charge in [-0.2, -0.15) is 0 Å². The second-order valence-electron chi connectivity index (χ2n) is 5.19. The number of nitrogens with zero attached hydrogens (tertiary/aromatic N) is 1. The van der Waals surface area contributed by atoms with Gasteiger partial charge in [-0.1, -0.05) is 33.0 Å². The van der Waals surface area contributed by atoms with E-state index in [1.54, 1.807) is 0 Å². The Hall–Kier alpha value is -0.150. The Balaban J connectivity index is 2.30. The summed E-state index contributed by atoms with van der Waals surface area (Å²) in [6.07, 6.45) is 2.42. The largest absolute Gasteiger partial charge is 0.393 e. The smallest absolute Gasteiger partial charge is 0.0784 e. The average molecular weight is 214 g/mol. The highest BCUT2D eigenvalue weighted by Crippen LogP contribution is 2.23. The van der Waals surface area contributed by atoms with E-state index in [1.165, 1.54) is 19.5 Å². The van der Waals surface area contributed by atoms with Gasteiger partial charge in [0.2, 0.25) is 0 Å². The van der Waals surface area contributed by atoms with Crippen LogP contribution in [0.5, 0.6) is 0 Å². The van der Waals surface area contributed by atoms with E-state index in [-0.39, 0.29) is 5.41 Å². The monoisotopic (exact) mass is 214 g/mol. The lowest BCUT2D eigenvalue weighted by molar-refractivity contribution is 0.287. The fourth-order valence-electron chi connectivity index (χ4n) is 1.79. The summed E-state index contributed by atoms with van der Waals surface area (Å²) in [5.74, 6) is 0.864. The molecule has 1 saturated heterocycles. The lowest BCUT2D eigenvalue weighted by Crippen LogP contribution is -2.34. The van der Waals surface area contributed by atoms with Gasteiger partial charge in [-0.25, -0.2) is 0 Å². The summed E-state index contributed by atoms with van der Waals surface area (Å²) in [7, 11) is 0. The molecule has 1 fully saturated rings. The molecule has 0 radical (unpaired) electrons. The molecule has 0 aromatic carbocycles. The molecule has 1 aliphatic heterocycles. The van der Waals surface area contributed by atoms with Gasteiger partial charge in [0.25, 0.3) is 0 Å². The summed E-state index contributed by atoms with van der Waals surface area (Å²) >= 11 is 5.05. The van der Waals surface area contributed by atoms with E-state index in [9.17, 15) is 0 Å². The maximum absolute atomic E-state index is 5.70. The van der Waals surface area contributed by atoms with Crippen molar-refractivity contribution in [3.05, 3.63) is 0 Å². The Labute approximate surface area is 92.8 Å². The van der Waals surface area contributed by atoms with Gasteiger partial charge < -0.3 is 10.6 Å². The second kappa shape index (κ2) is 4.58. The van der Waals surface area contributed by atoms with Crippen molar-refractivity contribution in [2.75, 3.05) is 19.6 Å². The summed E-state index contributed by atoms with van der Waals surface area (Å²) < 4.78 is 0. The number of likely N-dealkylation sites (tertiary alicyclic amines) is 1. The molecule has 0 spiro atoms. The number of hydrogen-bond acceptors (Lipinski definition) is 2. The third-order valence-electron chi connectivity index (χ3n) is 3.23. The molecule has 2 N–H and O–H groups in total. The first-order valence-corrected chi connectivity index (χ1v) is 5.85. The molecule has 1 atom stereocenters. The molecule has 2 nitrogen and oxygen atoms in total. The van der Waals surface area contributed by atoms with Crippen LogP contribution >= 0.6 is 12.2 Å². The van der Waals surface area contributed by atoms with Crippen LogP contribution in [0.25, 0.3) is 0 Å². The van der Waals surface area contributed by atoms with E-state index in [2.05, 4.69) is 25.7 Å². The number of nitrogens with two attached hydrogens (primary N) is 1. The molecule has 1 heterocycles. The van der Waals surface area contributed by atoms with Crippen molar-refractivity contribution in [1.29, 1.82) is 0 Å². The zero-order valence-corrected chi connectivity index (χ0v) is 10.4. The summed E-state index contributed by atoms with van der Waals surface area (Å²) in [4.78, 5) is 3.16. The van der Waals surface area contributed by atoms with Gasteiger partial charge in [-0.15, -0.1) is 0 Å². The Morgan fingerprint density at radius 3 is 2.64 bits per heavy atom. The Morgan fingerprint density at radius 2 is 2.21 bits per heavy atom. The van der Waals surface area contributed by atoms with Crippen LogP contribution in [0.1, 0.15) is 33.6 Å². The molecule has 1 rings (SSSR count). The molecule has 14 heavy (non-hydrogen) atoms. The first kappa shape index (κ1) is 11.9. The quantitative estimate of drug-likeness (QED) is 0.726. The predicted octanol–water partition coefficient (Wildman–Crippen LogP) is 2.03. The lowest BCUT2D eigenvalue weighted by Gasteiger charge is -2.26. The molecule has 1 aliphatic rings. The van der Waals surface area contributed by atoms with Crippen LogP contribution in [0, 0.1) is 11.3 Å². The molecule has 3 heteroatoms. The van der Waals surface area contributed by atoms with Crippen molar-refractivity contribution in [2.45, 2.75) is 33.6 Å². The van der Waals surface area contributed by atoms with E-state index < -0.39 is 0 Å². The van der Waals surface area contributed by atoms with Crippen LogP contribution in [0.4, 0.5) is 0 Å². The lowest BCUT2D eigenvalue weighted by atomic mass is 9.89. The van der Waals surface area contributed by atoms with Crippen LogP contribution in [0.2, 0.25) is 0 Å². The molecule has 0 amide bonds. The minimum Gasteiger partial charge on any atom is -0.393 e. The molecule has 0 aromatic rings. The summed E-state index contributed by atoms with van der Waals surface area (Å²) in [6, 6.07) is 0. The number of hydrogen-bond donors (Lipinski definition) is 1. The minimum absolute atomic E-state index is 0.0150. The van der Waals surface area contributed by atoms with Gasteiger partial charge >= 0.3 is 0 Å². The molecular weight excluding hydrogens is 192 g/mol. The van der Waals surface area contributed by atoms with Gasteiger partial charge in [0.15, 0.2) is 0 Å². The molecular formula is C11H22N2S. The SMILES string of the molecule is CC1CCN(CCC(C)(C)C(N)=S)C1. The van der Waals surface area contributed by atoms with Crippen LogP contribution in [-0.4, -0.2) is 29.5 Å². The average Bonchev–Trinajstić information content (AvgIpc) is 2.48. The van der Waals surface area contributed by atoms with E-state index >= 15 is 0 Å². The van der Waals surface area contributed by atoms with Gasteiger partial charge in [0, 0.05) is 12.0 Å². The third-order valence-corrected chi connectivity index (χ3v) is 3.78. The van der Waals surface area contributed by atoms with E-state index in [1.807, 2.05) is 0 Å². The molecule has 0 saturated carbocycles. The zero-order chi connectivity index (χ0) is 10.8. The van der Waals surface area contributed by atoms with Crippen molar-refractivity contribution in [3.8, 4) is 0 Å². The van der Waals surface area contributed by atoms with Crippen molar-refractivity contribution in [3.63, 3.8) is 0 Å². The standard InChI is InChI=1S/C11H22N2S/c1-9-4-6-13(8-9)7-5-11(2,3)10(12)14/h9H,4-8H2,1-3H3,(H2,12,14). The summed E-state index contributed by atoms with van der Waals surface area (Å²) in [5, 5.41) is 0. The Kier molecular flexibility index (Phi) is 3.90. The van der Waals surface area contributed by atoms with E-state index in [4.69, 9.17) is 18.0 Å². The fraction of sp³-hybridized carbons (Fsp3) is 0.909. The maximum atomic E-state index is 5.70. The van der Waals surface area contributed by atoms with E-state index in [0.29, 0.717) is 4.99 Å². The van der Waals surface area contributed by atoms with Crippen LogP contribution in [0.15, 0.2) is 0 Å². The number of thiocarbonyl (C=S) groups is 1. The number of rotatable bonds is 4. The van der Waals surface area contributed by atoms with Crippen molar-refractivity contribution in [2.24, 2.45) is 17.1 Å². The van der Waals surface area contributed by atoms with Gasteiger partial charge in [-0.05, 0) is 31.8 Å². The van der Waals surface area contributed by atoms with Gasteiger partial charge in [0.1, 0.15) is 0 Å². The third kappa shape index (κ3) is 3.21.